The monoisotopic (exact) mass is 306 g/mol. The number of hydrogen-bond acceptors (Lipinski definition) is 3. The first-order valence-electron chi connectivity index (χ1n) is 6.82. The number of nitrogen functional groups attached to an aromatic ring is 1. The molecule has 6 heteroatoms. The Morgan fingerprint density at radius 3 is 2.86 bits per heavy atom. The van der Waals surface area contributed by atoms with Gasteiger partial charge in [0, 0.05) is 18.8 Å². The van der Waals surface area contributed by atoms with Crippen molar-refractivity contribution in [3.05, 3.63) is 46.2 Å². The van der Waals surface area contributed by atoms with Crippen molar-refractivity contribution < 1.29 is 4.79 Å². The zero-order valence-electron chi connectivity index (χ0n) is 12.2. The molecule has 1 amide bonds. The van der Waals surface area contributed by atoms with Gasteiger partial charge in [0.2, 0.25) is 0 Å². The van der Waals surface area contributed by atoms with Crippen molar-refractivity contribution in [2.45, 2.75) is 26.8 Å². The highest BCUT2D eigenvalue weighted by Crippen LogP contribution is 2.22. The van der Waals surface area contributed by atoms with Gasteiger partial charge in [-0.15, -0.1) is 0 Å². The number of nitrogens with two attached hydrogens (primary N) is 1. The third kappa shape index (κ3) is 3.76. The van der Waals surface area contributed by atoms with Gasteiger partial charge in [-0.25, -0.2) is 0 Å². The summed E-state index contributed by atoms with van der Waals surface area (Å²) in [5, 5.41) is 7.62. The maximum Gasteiger partial charge on any atom is 0.253 e. The van der Waals surface area contributed by atoms with Gasteiger partial charge in [-0.2, -0.15) is 5.10 Å². The molecule has 0 fully saturated rings. The van der Waals surface area contributed by atoms with Crippen molar-refractivity contribution >= 4 is 23.2 Å². The van der Waals surface area contributed by atoms with Crippen molar-refractivity contribution in [3.63, 3.8) is 0 Å². The molecule has 0 aliphatic heterocycles. The number of anilines is 1. The van der Waals surface area contributed by atoms with Crippen LogP contribution in [0.3, 0.4) is 0 Å². The first kappa shape index (κ1) is 15.4. The number of rotatable bonds is 5. The Morgan fingerprint density at radius 2 is 2.19 bits per heavy atom. The molecule has 2 rings (SSSR count). The fourth-order valence-corrected chi connectivity index (χ4v) is 2.34. The summed E-state index contributed by atoms with van der Waals surface area (Å²) >= 11 is 5.90. The molecule has 0 aliphatic carbocycles. The number of para-hydroxylation sites is 1. The van der Waals surface area contributed by atoms with Crippen LogP contribution in [-0.2, 0) is 6.54 Å². The summed E-state index contributed by atoms with van der Waals surface area (Å²) in [6, 6.07) is 7.07. The van der Waals surface area contributed by atoms with Gasteiger partial charge in [-0.3, -0.25) is 9.48 Å². The van der Waals surface area contributed by atoms with Crippen molar-refractivity contribution in [3.8, 4) is 0 Å². The first-order valence-corrected chi connectivity index (χ1v) is 7.20. The zero-order chi connectivity index (χ0) is 15.4. The Labute approximate surface area is 129 Å². The minimum absolute atomic E-state index is 0.205. The fraction of sp³-hybridized carbons (Fsp3) is 0.333. The summed E-state index contributed by atoms with van der Waals surface area (Å²) in [7, 11) is 0. The van der Waals surface area contributed by atoms with E-state index in [1.165, 1.54) is 0 Å². The second kappa shape index (κ2) is 6.63. The third-order valence-electron chi connectivity index (χ3n) is 3.23. The number of nitrogens with one attached hydrogen (secondary N) is 1. The Bertz CT molecular complexity index is 651. The lowest BCUT2D eigenvalue weighted by molar-refractivity contribution is 0.0953. The van der Waals surface area contributed by atoms with Crippen molar-refractivity contribution in [2.24, 2.45) is 0 Å². The van der Waals surface area contributed by atoms with Crippen molar-refractivity contribution in [2.75, 3.05) is 12.3 Å². The summed E-state index contributed by atoms with van der Waals surface area (Å²) in [6.07, 6.45) is 0.800. The van der Waals surface area contributed by atoms with E-state index in [-0.39, 0.29) is 5.91 Å². The number of aryl methyl sites for hydroxylation is 3. The zero-order valence-corrected chi connectivity index (χ0v) is 12.9. The van der Waals surface area contributed by atoms with Crippen LogP contribution in [0.15, 0.2) is 24.3 Å². The van der Waals surface area contributed by atoms with E-state index < -0.39 is 0 Å². The molecular weight excluding hydrogens is 288 g/mol. The summed E-state index contributed by atoms with van der Waals surface area (Å²) in [6.45, 7) is 5.31. The lowest BCUT2D eigenvalue weighted by atomic mass is 10.1. The van der Waals surface area contributed by atoms with Crippen LogP contribution in [-0.4, -0.2) is 22.2 Å². The van der Waals surface area contributed by atoms with Crippen LogP contribution >= 0.6 is 11.6 Å². The molecule has 5 nitrogen and oxygen atoms in total. The number of carbonyl (C=O) groups is 1. The third-order valence-corrected chi connectivity index (χ3v) is 3.56. The average Bonchev–Trinajstić information content (AvgIpc) is 2.76. The lowest BCUT2D eigenvalue weighted by Gasteiger charge is -2.09. The Morgan fingerprint density at radius 1 is 1.43 bits per heavy atom. The van der Waals surface area contributed by atoms with E-state index in [1.54, 1.807) is 18.2 Å². The number of benzene rings is 1. The minimum atomic E-state index is -0.205. The molecule has 0 aliphatic rings. The summed E-state index contributed by atoms with van der Waals surface area (Å²) in [5.41, 5.74) is 8.65. The van der Waals surface area contributed by atoms with Crippen LogP contribution in [0.4, 0.5) is 5.69 Å². The number of hydrogen-bond donors (Lipinski definition) is 2. The van der Waals surface area contributed by atoms with E-state index in [2.05, 4.69) is 10.4 Å². The number of carbonyl (C=O) groups excluding carboxylic acids is 1. The summed E-state index contributed by atoms with van der Waals surface area (Å²) in [4.78, 5) is 12.0. The maximum absolute atomic E-state index is 12.0. The quantitative estimate of drug-likeness (QED) is 0.658. The van der Waals surface area contributed by atoms with Gasteiger partial charge in [0.15, 0.2) is 0 Å². The van der Waals surface area contributed by atoms with E-state index in [9.17, 15) is 4.79 Å². The van der Waals surface area contributed by atoms with Crippen LogP contribution in [0.1, 0.15) is 28.2 Å². The second-order valence-corrected chi connectivity index (χ2v) is 5.37. The molecule has 0 spiro atoms. The van der Waals surface area contributed by atoms with Crippen LogP contribution in [0, 0.1) is 13.8 Å². The van der Waals surface area contributed by atoms with Gasteiger partial charge < -0.3 is 11.1 Å². The van der Waals surface area contributed by atoms with Gasteiger partial charge in [0.25, 0.3) is 5.91 Å². The average molecular weight is 307 g/mol. The van der Waals surface area contributed by atoms with Gasteiger partial charge in [0.1, 0.15) is 0 Å². The highest BCUT2D eigenvalue weighted by molar-refractivity contribution is 6.33. The van der Waals surface area contributed by atoms with Crippen LogP contribution in [0.5, 0.6) is 0 Å². The normalized spacial score (nSPS) is 10.6. The van der Waals surface area contributed by atoms with Crippen LogP contribution in [0.25, 0.3) is 0 Å². The van der Waals surface area contributed by atoms with E-state index in [1.807, 2.05) is 24.6 Å². The number of amides is 1. The molecule has 1 aromatic carbocycles. The molecule has 0 unspecified atom stereocenters. The molecule has 0 bridgehead atoms. The minimum Gasteiger partial charge on any atom is -0.397 e. The topological polar surface area (TPSA) is 72.9 Å². The van der Waals surface area contributed by atoms with Gasteiger partial charge in [-0.05, 0) is 38.5 Å². The molecule has 0 atom stereocenters. The van der Waals surface area contributed by atoms with Crippen molar-refractivity contribution in [1.29, 1.82) is 0 Å². The molecule has 0 radical (unpaired) electrons. The second-order valence-electron chi connectivity index (χ2n) is 4.96. The van der Waals surface area contributed by atoms with E-state index in [0.29, 0.717) is 22.8 Å². The lowest BCUT2D eigenvalue weighted by Crippen LogP contribution is -2.26. The SMILES string of the molecule is Cc1cc(C)n(CCCNC(=O)c2cccc(Cl)c2N)n1. The van der Waals surface area contributed by atoms with Crippen molar-refractivity contribution in [1.82, 2.24) is 15.1 Å². The molecule has 21 heavy (non-hydrogen) atoms. The number of aromatic nitrogens is 2. The molecule has 3 N–H and O–H groups in total. The van der Waals surface area contributed by atoms with Gasteiger partial charge >= 0.3 is 0 Å². The smallest absolute Gasteiger partial charge is 0.253 e. The fourth-order valence-electron chi connectivity index (χ4n) is 2.16. The van der Waals surface area contributed by atoms with Gasteiger partial charge in [-0.1, -0.05) is 17.7 Å². The number of halogens is 1. The van der Waals surface area contributed by atoms with E-state index >= 15 is 0 Å². The van der Waals surface area contributed by atoms with Crippen LogP contribution < -0.4 is 11.1 Å². The highest BCUT2D eigenvalue weighted by Gasteiger charge is 2.11. The number of nitrogens with zero attached hydrogens (tertiary/aromatic N) is 2. The Hall–Kier alpha value is -2.01. The molecule has 1 heterocycles. The predicted octanol–water partition coefficient (Wildman–Crippen LogP) is 2.56. The van der Waals surface area contributed by atoms with Gasteiger partial charge in [0.05, 0.1) is 22.0 Å². The molecule has 0 saturated carbocycles. The Kier molecular flexibility index (Phi) is 4.85. The molecule has 1 aromatic heterocycles. The summed E-state index contributed by atoms with van der Waals surface area (Å²) < 4.78 is 1.94. The molecule has 2 aromatic rings. The highest BCUT2D eigenvalue weighted by atomic mass is 35.5. The Balaban J connectivity index is 1.85. The first-order chi connectivity index (χ1) is 9.99. The standard InChI is InChI=1S/C15H19ClN4O/c1-10-9-11(2)20(19-10)8-4-7-18-15(21)12-5-3-6-13(16)14(12)17/h3,5-6,9H,4,7-8,17H2,1-2H3,(H,18,21). The molecular formula is C15H19ClN4O. The molecule has 0 saturated heterocycles. The summed E-state index contributed by atoms with van der Waals surface area (Å²) in [5.74, 6) is -0.205. The van der Waals surface area contributed by atoms with E-state index in [0.717, 1.165) is 24.4 Å². The largest absolute Gasteiger partial charge is 0.397 e. The maximum atomic E-state index is 12.0. The predicted molar refractivity (Wildman–Crippen MR) is 84.5 cm³/mol. The van der Waals surface area contributed by atoms with E-state index in [4.69, 9.17) is 17.3 Å². The van der Waals surface area contributed by atoms with Crippen LogP contribution in [0.2, 0.25) is 5.02 Å². The molecule has 112 valence electrons.